The van der Waals surface area contributed by atoms with Crippen LogP contribution in [0.5, 0.6) is 0 Å². The molecule has 0 radical (unpaired) electrons. The lowest BCUT2D eigenvalue weighted by Crippen LogP contribution is -2.26. The zero-order valence-corrected chi connectivity index (χ0v) is 13.8. The Hall–Kier alpha value is -1.61. The molecular formula is C14H18F3NO4S. The first-order chi connectivity index (χ1) is 10.5. The fourth-order valence-corrected chi connectivity index (χ4v) is 2.40. The Labute approximate surface area is 133 Å². The second kappa shape index (κ2) is 7.78. The monoisotopic (exact) mass is 353 g/mol. The third-order valence-electron chi connectivity index (χ3n) is 2.73. The van der Waals surface area contributed by atoms with E-state index in [0.29, 0.717) is 12.1 Å². The molecule has 0 amide bonds. The van der Waals surface area contributed by atoms with Gasteiger partial charge in [0.2, 0.25) is 10.9 Å². The number of carbonyl (C=O) groups excluding carboxylic acids is 1. The predicted octanol–water partition coefficient (Wildman–Crippen LogP) is 2.38. The number of nitrogens with one attached hydrogen (secondary N) is 1. The predicted molar refractivity (Wildman–Crippen MR) is 77.6 cm³/mol. The fourth-order valence-electron chi connectivity index (χ4n) is 1.88. The van der Waals surface area contributed by atoms with E-state index in [2.05, 4.69) is 0 Å². The van der Waals surface area contributed by atoms with E-state index < -0.39 is 46.0 Å². The summed E-state index contributed by atoms with van der Waals surface area (Å²) in [6.07, 6.45) is -0.392. The van der Waals surface area contributed by atoms with Crippen LogP contribution < -0.4 is 4.72 Å². The molecule has 1 aromatic carbocycles. The maximum absolute atomic E-state index is 13.8. The molecule has 0 heterocycles. The van der Waals surface area contributed by atoms with Crippen molar-refractivity contribution in [2.45, 2.75) is 45.3 Å². The number of thiol groups is 1. The van der Waals surface area contributed by atoms with Gasteiger partial charge in [-0.05, 0) is 33.3 Å². The third-order valence-corrected chi connectivity index (χ3v) is 3.26. The summed E-state index contributed by atoms with van der Waals surface area (Å²) in [5.74, 6) is -4.42. The number of hydrogen-bond acceptors (Lipinski definition) is 4. The average Bonchev–Trinajstić information content (AvgIpc) is 2.36. The van der Waals surface area contributed by atoms with Crippen LogP contribution in [0.3, 0.4) is 0 Å². The van der Waals surface area contributed by atoms with Crippen molar-refractivity contribution >= 4 is 16.9 Å². The van der Waals surface area contributed by atoms with Gasteiger partial charge < -0.3 is 4.74 Å². The standard InChI is InChI=1S/C14H18F3NO4S/c1-14(2,3)22-13(19)5-4-12(18-23(20)21)8-6-10(16)11(17)7-9(8)15/h6-7,12,23H,4-5H2,1-3H3,(H,18,20,21). The van der Waals surface area contributed by atoms with E-state index in [-0.39, 0.29) is 18.4 Å². The van der Waals surface area contributed by atoms with E-state index >= 15 is 0 Å². The molecule has 0 fully saturated rings. The van der Waals surface area contributed by atoms with Crippen LogP contribution in [0, 0.1) is 17.5 Å². The van der Waals surface area contributed by atoms with Crippen LogP contribution in [-0.4, -0.2) is 20.0 Å². The summed E-state index contributed by atoms with van der Waals surface area (Å²) in [6, 6.07) is -0.320. The number of benzene rings is 1. The van der Waals surface area contributed by atoms with Crippen molar-refractivity contribution in [2.75, 3.05) is 0 Å². The highest BCUT2D eigenvalue weighted by molar-refractivity contribution is 7.70. The van der Waals surface area contributed by atoms with Crippen molar-refractivity contribution in [2.24, 2.45) is 0 Å². The maximum atomic E-state index is 13.8. The Morgan fingerprint density at radius 3 is 2.26 bits per heavy atom. The quantitative estimate of drug-likeness (QED) is 0.468. The summed E-state index contributed by atoms with van der Waals surface area (Å²) in [5.41, 5.74) is -1.11. The summed E-state index contributed by atoms with van der Waals surface area (Å²) in [7, 11) is -3.14. The van der Waals surface area contributed by atoms with Gasteiger partial charge in [0.1, 0.15) is 11.4 Å². The Bertz CT molecular complexity index is 648. The first kappa shape index (κ1) is 19.4. The van der Waals surface area contributed by atoms with Crippen LogP contribution in [0.4, 0.5) is 13.2 Å². The van der Waals surface area contributed by atoms with Crippen LogP contribution in [-0.2, 0) is 20.4 Å². The van der Waals surface area contributed by atoms with Crippen LogP contribution in [0.2, 0.25) is 0 Å². The first-order valence-corrected chi connectivity index (χ1v) is 7.94. The van der Waals surface area contributed by atoms with Crippen molar-refractivity contribution in [3.8, 4) is 0 Å². The molecule has 0 aliphatic rings. The van der Waals surface area contributed by atoms with Crippen molar-refractivity contribution in [3.05, 3.63) is 35.1 Å². The van der Waals surface area contributed by atoms with Gasteiger partial charge in [0.15, 0.2) is 11.6 Å². The van der Waals surface area contributed by atoms with E-state index in [0.717, 1.165) is 0 Å². The van der Waals surface area contributed by atoms with Gasteiger partial charge in [0.25, 0.3) is 0 Å². The van der Waals surface area contributed by atoms with E-state index in [1.165, 1.54) is 0 Å². The SMILES string of the molecule is CC(C)(C)OC(=O)CCC(N[SH](=O)=O)c1cc(F)c(F)cc1F. The minimum absolute atomic E-state index is 0.166. The highest BCUT2D eigenvalue weighted by Crippen LogP contribution is 2.25. The molecule has 0 spiro atoms. The molecule has 0 saturated heterocycles. The second-order valence-electron chi connectivity index (χ2n) is 5.85. The molecule has 0 aromatic heterocycles. The topological polar surface area (TPSA) is 72.5 Å². The molecule has 130 valence electrons. The van der Waals surface area contributed by atoms with Crippen LogP contribution >= 0.6 is 0 Å². The summed E-state index contributed by atoms with van der Waals surface area (Å²) in [5, 5.41) is 0. The lowest BCUT2D eigenvalue weighted by atomic mass is 10.0. The lowest BCUT2D eigenvalue weighted by molar-refractivity contribution is -0.155. The van der Waals surface area contributed by atoms with Crippen molar-refractivity contribution in [3.63, 3.8) is 0 Å². The average molecular weight is 353 g/mol. The molecule has 1 rings (SSSR count). The number of rotatable bonds is 6. The number of esters is 1. The highest BCUT2D eigenvalue weighted by Gasteiger charge is 2.22. The molecule has 1 aromatic rings. The zero-order valence-electron chi connectivity index (χ0n) is 12.9. The molecule has 23 heavy (non-hydrogen) atoms. The van der Waals surface area contributed by atoms with Gasteiger partial charge >= 0.3 is 5.97 Å². The first-order valence-electron chi connectivity index (χ1n) is 6.76. The summed E-state index contributed by atoms with van der Waals surface area (Å²) < 4.78 is 68.7. The number of carbonyl (C=O) groups is 1. The maximum Gasteiger partial charge on any atom is 0.306 e. The van der Waals surface area contributed by atoms with Crippen molar-refractivity contribution in [1.82, 2.24) is 4.72 Å². The third kappa shape index (κ3) is 6.57. The number of ether oxygens (including phenoxy) is 1. The van der Waals surface area contributed by atoms with Crippen LogP contribution in [0.15, 0.2) is 12.1 Å². The largest absolute Gasteiger partial charge is 0.460 e. The summed E-state index contributed by atoms with van der Waals surface area (Å²) >= 11 is 0. The molecule has 0 saturated carbocycles. The molecule has 1 unspecified atom stereocenters. The van der Waals surface area contributed by atoms with Gasteiger partial charge in [-0.2, -0.15) is 0 Å². The number of hydrogen-bond donors (Lipinski definition) is 2. The fraction of sp³-hybridized carbons (Fsp3) is 0.500. The normalized spacial score (nSPS) is 13.2. The Kier molecular flexibility index (Phi) is 6.57. The lowest BCUT2D eigenvalue weighted by Gasteiger charge is -2.21. The second-order valence-corrected chi connectivity index (χ2v) is 6.62. The van der Waals surface area contributed by atoms with Gasteiger partial charge in [-0.25, -0.2) is 26.3 Å². The molecule has 0 bridgehead atoms. The van der Waals surface area contributed by atoms with Gasteiger partial charge in [0, 0.05) is 24.1 Å². The molecule has 0 aliphatic carbocycles. The minimum atomic E-state index is -3.14. The Balaban J connectivity index is 2.94. The smallest absolute Gasteiger partial charge is 0.306 e. The van der Waals surface area contributed by atoms with Gasteiger partial charge in [-0.3, -0.25) is 4.79 Å². The highest BCUT2D eigenvalue weighted by atomic mass is 32.2. The molecule has 0 aliphatic heterocycles. The van der Waals surface area contributed by atoms with Gasteiger partial charge in [-0.1, -0.05) is 0 Å². The number of halogens is 3. The molecule has 9 heteroatoms. The van der Waals surface area contributed by atoms with Gasteiger partial charge in [0.05, 0.1) is 0 Å². The van der Waals surface area contributed by atoms with Crippen LogP contribution in [0.25, 0.3) is 0 Å². The molecule has 5 nitrogen and oxygen atoms in total. The van der Waals surface area contributed by atoms with E-state index in [1.807, 2.05) is 4.72 Å². The zero-order chi connectivity index (χ0) is 17.8. The van der Waals surface area contributed by atoms with Crippen LogP contribution in [0.1, 0.15) is 45.2 Å². The summed E-state index contributed by atoms with van der Waals surface area (Å²) in [4.78, 5) is 11.7. The minimum Gasteiger partial charge on any atom is -0.460 e. The van der Waals surface area contributed by atoms with E-state index in [9.17, 15) is 26.4 Å². The van der Waals surface area contributed by atoms with E-state index in [4.69, 9.17) is 4.74 Å². The van der Waals surface area contributed by atoms with Gasteiger partial charge in [-0.15, -0.1) is 0 Å². The molecule has 1 atom stereocenters. The molecule has 1 N–H and O–H groups in total. The molecular weight excluding hydrogens is 335 g/mol. The van der Waals surface area contributed by atoms with Crippen molar-refractivity contribution < 1.29 is 31.1 Å². The van der Waals surface area contributed by atoms with E-state index in [1.54, 1.807) is 20.8 Å². The van der Waals surface area contributed by atoms with Crippen molar-refractivity contribution in [1.29, 1.82) is 0 Å². The summed E-state index contributed by atoms with van der Waals surface area (Å²) in [6.45, 7) is 4.97. The Morgan fingerprint density at radius 2 is 1.74 bits per heavy atom. The Morgan fingerprint density at radius 1 is 1.17 bits per heavy atom.